The van der Waals surface area contributed by atoms with Crippen LogP contribution < -0.4 is 20.1 Å². The molecular weight excluding hydrogens is 346 g/mol. The minimum atomic E-state index is -0.653. The van der Waals surface area contributed by atoms with Gasteiger partial charge in [-0.15, -0.1) is 0 Å². The molecular formula is C20H25N3O4. The van der Waals surface area contributed by atoms with E-state index in [0.29, 0.717) is 18.0 Å². The Bertz CT molecular complexity index is 780. The summed E-state index contributed by atoms with van der Waals surface area (Å²) >= 11 is 0. The Labute approximate surface area is 159 Å². The number of rotatable bonds is 7. The van der Waals surface area contributed by atoms with E-state index < -0.39 is 18.0 Å². The number of ether oxygens (including phenoxy) is 2. The van der Waals surface area contributed by atoms with E-state index in [1.807, 2.05) is 60.5 Å². The second kappa shape index (κ2) is 9.59. The summed E-state index contributed by atoms with van der Waals surface area (Å²) in [6.07, 6.45) is 0. The quantitative estimate of drug-likeness (QED) is 0.781. The molecule has 0 unspecified atom stereocenters. The van der Waals surface area contributed by atoms with Crippen molar-refractivity contribution in [3.8, 4) is 11.5 Å². The van der Waals surface area contributed by atoms with Crippen LogP contribution in [0.5, 0.6) is 11.5 Å². The van der Waals surface area contributed by atoms with Crippen LogP contribution in [-0.2, 0) is 11.3 Å². The Morgan fingerprint density at radius 2 is 1.74 bits per heavy atom. The number of hydrogen-bond donors (Lipinski definition) is 2. The van der Waals surface area contributed by atoms with Crippen LogP contribution in [0.1, 0.15) is 17.2 Å². The molecule has 2 aromatic rings. The zero-order valence-corrected chi connectivity index (χ0v) is 16.0. The minimum Gasteiger partial charge on any atom is -0.493 e. The lowest BCUT2D eigenvalue weighted by atomic mass is 10.0. The Morgan fingerprint density at radius 3 is 2.33 bits per heavy atom. The van der Waals surface area contributed by atoms with E-state index in [0.717, 1.165) is 11.1 Å². The molecule has 0 spiro atoms. The van der Waals surface area contributed by atoms with Gasteiger partial charge in [0.15, 0.2) is 11.5 Å². The molecule has 3 amide bonds. The monoisotopic (exact) mass is 371 g/mol. The van der Waals surface area contributed by atoms with Crippen molar-refractivity contribution in [2.45, 2.75) is 12.6 Å². The van der Waals surface area contributed by atoms with Gasteiger partial charge in [0, 0.05) is 19.2 Å². The molecule has 0 aliphatic carbocycles. The molecule has 144 valence electrons. The van der Waals surface area contributed by atoms with E-state index in [1.165, 1.54) is 7.05 Å². The molecule has 0 bridgehead atoms. The molecule has 0 saturated carbocycles. The summed E-state index contributed by atoms with van der Waals surface area (Å²) in [6, 6.07) is 13.7. The smallest absolute Gasteiger partial charge is 0.321 e. The number of urea groups is 1. The Morgan fingerprint density at radius 1 is 1.04 bits per heavy atom. The number of carbonyl (C=O) groups excluding carboxylic acids is 2. The van der Waals surface area contributed by atoms with Gasteiger partial charge in [-0.25, -0.2) is 4.79 Å². The second-order valence-corrected chi connectivity index (χ2v) is 5.95. The highest BCUT2D eigenvalue weighted by Gasteiger charge is 2.27. The number of imide groups is 1. The molecule has 2 rings (SSSR count). The van der Waals surface area contributed by atoms with Crippen LogP contribution in [0.3, 0.4) is 0 Å². The highest BCUT2D eigenvalue weighted by atomic mass is 16.5. The van der Waals surface area contributed by atoms with Crippen molar-refractivity contribution in [2.75, 3.05) is 28.3 Å². The lowest BCUT2D eigenvalue weighted by molar-refractivity contribution is -0.125. The van der Waals surface area contributed by atoms with Crippen molar-refractivity contribution in [1.29, 1.82) is 0 Å². The Hall–Kier alpha value is -3.06. The number of benzene rings is 2. The van der Waals surface area contributed by atoms with Crippen molar-refractivity contribution in [3.63, 3.8) is 0 Å². The van der Waals surface area contributed by atoms with Crippen LogP contribution in [-0.4, -0.2) is 45.2 Å². The van der Waals surface area contributed by atoms with Crippen LogP contribution in [0.15, 0.2) is 48.5 Å². The summed E-state index contributed by atoms with van der Waals surface area (Å²) in [5.74, 6) is 0.824. The maximum atomic E-state index is 12.8. The Balaban J connectivity index is 2.33. The van der Waals surface area contributed by atoms with Crippen LogP contribution >= 0.6 is 0 Å². The predicted molar refractivity (Wildman–Crippen MR) is 103 cm³/mol. The third-order valence-corrected chi connectivity index (χ3v) is 4.17. The zero-order chi connectivity index (χ0) is 19.8. The number of nitrogens with zero attached hydrogens (tertiary/aromatic N) is 1. The van der Waals surface area contributed by atoms with Crippen molar-refractivity contribution in [2.24, 2.45) is 0 Å². The molecule has 1 atom stereocenters. The molecule has 2 aromatic carbocycles. The minimum absolute atomic E-state index is 0.412. The fourth-order valence-electron chi connectivity index (χ4n) is 2.92. The van der Waals surface area contributed by atoms with E-state index in [2.05, 4.69) is 10.6 Å². The zero-order valence-electron chi connectivity index (χ0n) is 16.0. The molecule has 0 aliphatic rings. The molecule has 0 fully saturated rings. The fraction of sp³-hybridized carbons (Fsp3) is 0.300. The molecule has 0 saturated heterocycles. The first-order chi connectivity index (χ1) is 13.0. The summed E-state index contributed by atoms with van der Waals surface area (Å²) in [6.45, 7) is 0.418. The standard InChI is InChI=1S/C20H25N3O4/c1-21-20(25)22-19(24)17(14-9-6-5-7-10-14)23(2)13-15-11-8-12-16(26-3)18(15)27-4/h5-12,17H,13H2,1-4H3,(H2,21,22,24,25)/t17-/m1/s1. The van der Waals surface area contributed by atoms with E-state index >= 15 is 0 Å². The van der Waals surface area contributed by atoms with E-state index in [4.69, 9.17) is 9.47 Å². The average Bonchev–Trinajstić information content (AvgIpc) is 2.68. The second-order valence-electron chi connectivity index (χ2n) is 5.95. The van der Waals surface area contributed by atoms with Crippen molar-refractivity contribution in [1.82, 2.24) is 15.5 Å². The Kier molecular flexibility index (Phi) is 7.19. The van der Waals surface area contributed by atoms with Gasteiger partial charge in [-0.3, -0.25) is 15.0 Å². The molecule has 0 radical (unpaired) electrons. The maximum Gasteiger partial charge on any atom is 0.321 e. The van der Waals surface area contributed by atoms with Gasteiger partial charge in [-0.1, -0.05) is 42.5 Å². The molecule has 0 heterocycles. The van der Waals surface area contributed by atoms with Gasteiger partial charge in [0.25, 0.3) is 0 Å². The molecule has 27 heavy (non-hydrogen) atoms. The van der Waals surface area contributed by atoms with Gasteiger partial charge in [0.05, 0.1) is 14.2 Å². The predicted octanol–water partition coefficient (Wildman–Crippen LogP) is 2.33. The summed E-state index contributed by atoms with van der Waals surface area (Å²) in [5.41, 5.74) is 1.65. The highest BCUT2D eigenvalue weighted by molar-refractivity contribution is 5.97. The summed E-state index contributed by atoms with van der Waals surface area (Å²) in [7, 11) is 6.44. The van der Waals surface area contributed by atoms with Gasteiger partial charge in [0.1, 0.15) is 6.04 Å². The lowest BCUT2D eigenvalue weighted by Crippen LogP contribution is -2.44. The summed E-state index contributed by atoms with van der Waals surface area (Å²) < 4.78 is 10.8. The summed E-state index contributed by atoms with van der Waals surface area (Å²) in [4.78, 5) is 26.2. The van der Waals surface area contributed by atoms with Crippen LogP contribution in [0.2, 0.25) is 0 Å². The normalized spacial score (nSPS) is 11.6. The number of amides is 3. The SMILES string of the molecule is CNC(=O)NC(=O)[C@@H](c1ccccc1)N(C)Cc1cccc(OC)c1OC. The fourth-order valence-corrected chi connectivity index (χ4v) is 2.92. The lowest BCUT2D eigenvalue weighted by Gasteiger charge is -2.28. The van der Waals surface area contributed by atoms with Crippen molar-refractivity contribution < 1.29 is 19.1 Å². The highest BCUT2D eigenvalue weighted by Crippen LogP contribution is 2.33. The molecule has 7 nitrogen and oxygen atoms in total. The molecule has 0 aromatic heterocycles. The van der Waals surface area contributed by atoms with E-state index in [9.17, 15) is 9.59 Å². The topological polar surface area (TPSA) is 79.9 Å². The first-order valence-electron chi connectivity index (χ1n) is 8.49. The van der Waals surface area contributed by atoms with E-state index in [-0.39, 0.29) is 0 Å². The van der Waals surface area contributed by atoms with Gasteiger partial charge in [0.2, 0.25) is 5.91 Å². The van der Waals surface area contributed by atoms with Gasteiger partial charge in [-0.05, 0) is 18.7 Å². The van der Waals surface area contributed by atoms with Gasteiger partial charge >= 0.3 is 6.03 Å². The largest absolute Gasteiger partial charge is 0.493 e. The number of methoxy groups -OCH3 is 2. The number of hydrogen-bond acceptors (Lipinski definition) is 5. The third kappa shape index (κ3) is 4.98. The average molecular weight is 371 g/mol. The van der Waals surface area contributed by atoms with Crippen LogP contribution in [0.25, 0.3) is 0 Å². The summed E-state index contributed by atoms with van der Waals surface area (Å²) in [5, 5.41) is 4.76. The van der Waals surface area contributed by atoms with Crippen molar-refractivity contribution in [3.05, 3.63) is 59.7 Å². The van der Waals surface area contributed by atoms with Crippen LogP contribution in [0.4, 0.5) is 4.79 Å². The number of carbonyl (C=O) groups is 2. The van der Waals surface area contributed by atoms with Gasteiger partial charge < -0.3 is 14.8 Å². The number of likely N-dealkylation sites (N-methyl/N-ethyl adjacent to an activating group) is 1. The van der Waals surface area contributed by atoms with Gasteiger partial charge in [-0.2, -0.15) is 0 Å². The third-order valence-electron chi connectivity index (χ3n) is 4.17. The number of para-hydroxylation sites is 1. The van der Waals surface area contributed by atoms with E-state index in [1.54, 1.807) is 14.2 Å². The maximum absolute atomic E-state index is 12.8. The first-order valence-corrected chi connectivity index (χ1v) is 8.49. The molecule has 2 N–H and O–H groups in total. The van der Waals surface area contributed by atoms with Crippen LogP contribution in [0, 0.1) is 0 Å². The molecule has 0 aliphatic heterocycles. The number of nitrogens with one attached hydrogen (secondary N) is 2. The first kappa shape index (κ1) is 20.3. The molecule has 7 heteroatoms. The van der Waals surface area contributed by atoms with Crippen molar-refractivity contribution >= 4 is 11.9 Å².